The van der Waals surface area contributed by atoms with Gasteiger partial charge in [0.1, 0.15) is 5.75 Å². The topological polar surface area (TPSA) is 75.7 Å². The molecule has 0 saturated carbocycles. The molecular weight excluding hydrogens is 432 g/mol. The Morgan fingerprint density at radius 2 is 2.10 bits per heavy atom. The molecule has 1 aliphatic rings. The summed E-state index contributed by atoms with van der Waals surface area (Å²) in [6.45, 7) is 5.90. The normalized spacial score (nSPS) is 13.8. The number of ether oxygens (including phenoxy) is 2. The van der Waals surface area contributed by atoms with Gasteiger partial charge in [0.05, 0.1) is 30.0 Å². The zero-order valence-corrected chi connectivity index (χ0v) is 18.9. The van der Waals surface area contributed by atoms with E-state index in [1.54, 1.807) is 18.2 Å². The number of fused-ring (bicyclic) bond motifs is 1. The van der Waals surface area contributed by atoms with Crippen molar-refractivity contribution in [3.05, 3.63) is 48.0 Å². The zero-order valence-electron chi connectivity index (χ0n) is 17.2. The predicted octanol–water partition coefficient (Wildman–Crippen LogP) is 4.05. The average molecular weight is 457 g/mol. The standard InChI is InChI=1S/C22H24N4O3S2/c1-2-10-29-17-5-3-4-15(13-17)20(27)24-21(30)25-22-23-18-7-6-16(14-19(18)31-22)26-8-11-28-12-9-26/h3-7,13-14H,2,8-12H2,1H3,(H2,23,24,25,27,30). The lowest BCUT2D eigenvalue weighted by molar-refractivity contribution is 0.0977. The van der Waals surface area contributed by atoms with Gasteiger partial charge in [-0.15, -0.1) is 0 Å². The number of carbonyl (C=O) groups excluding carboxylic acids is 1. The average Bonchev–Trinajstić information content (AvgIpc) is 3.19. The fraction of sp³-hybridized carbons (Fsp3) is 0.318. The van der Waals surface area contributed by atoms with Crippen LogP contribution in [0, 0.1) is 0 Å². The monoisotopic (exact) mass is 456 g/mol. The van der Waals surface area contributed by atoms with E-state index in [1.807, 2.05) is 19.1 Å². The van der Waals surface area contributed by atoms with Gasteiger partial charge in [-0.25, -0.2) is 4.98 Å². The number of carbonyl (C=O) groups is 1. The maximum absolute atomic E-state index is 12.5. The highest BCUT2D eigenvalue weighted by Crippen LogP contribution is 2.30. The van der Waals surface area contributed by atoms with Gasteiger partial charge in [0, 0.05) is 24.3 Å². The van der Waals surface area contributed by atoms with Gasteiger partial charge in [-0.2, -0.15) is 0 Å². The number of hydrogen-bond donors (Lipinski definition) is 2. The van der Waals surface area contributed by atoms with Gasteiger partial charge in [-0.3, -0.25) is 10.1 Å². The van der Waals surface area contributed by atoms with Crippen molar-refractivity contribution in [2.75, 3.05) is 43.1 Å². The second kappa shape index (κ2) is 10.0. The number of thiocarbonyl (C=S) groups is 1. The van der Waals surface area contributed by atoms with E-state index in [4.69, 9.17) is 21.7 Å². The number of morpholine rings is 1. The summed E-state index contributed by atoms with van der Waals surface area (Å²) in [5.74, 6) is 0.366. The number of benzene rings is 2. The highest BCUT2D eigenvalue weighted by Gasteiger charge is 2.14. The van der Waals surface area contributed by atoms with Crippen LogP contribution in [0.5, 0.6) is 5.75 Å². The molecule has 0 atom stereocenters. The second-order valence-corrected chi connectivity index (χ2v) is 8.49. The van der Waals surface area contributed by atoms with E-state index < -0.39 is 0 Å². The third-order valence-corrected chi connectivity index (χ3v) is 5.90. The maximum Gasteiger partial charge on any atom is 0.257 e. The van der Waals surface area contributed by atoms with Crippen LogP contribution < -0.4 is 20.3 Å². The molecule has 1 aliphatic heterocycles. The van der Waals surface area contributed by atoms with E-state index in [1.165, 1.54) is 11.3 Å². The first kappa shape index (κ1) is 21.5. The molecule has 162 valence electrons. The van der Waals surface area contributed by atoms with Crippen LogP contribution in [-0.4, -0.2) is 48.9 Å². The third kappa shape index (κ3) is 5.49. The van der Waals surface area contributed by atoms with Gasteiger partial charge in [0.2, 0.25) is 0 Å². The van der Waals surface area contributed by atoms with Crippen molar-refractivity contribution in [1.82, 2.24) is 10.3 Å². The minimum absolute atomic E-state index is 0.206. The molecular formula is C22H24N4O3S2. The number of thiazole rings is 1. The minimum Gasteiger partial charge on any atom is -0.494 e. The van der Waals surface area contributed by atoms with Gasteiger partial charge in [-0.1, -0.05) is 24.3 Å². The first-order valence-corrected chi connectivity index (χ1v) is 11.4. The summed E-state index contributed by atoms with van der Waals surface area (Å²) in [7, 11) is 0. The maximum atomic E-state index is 12.5. The lowest BCUT2D eigenvalue weighted by Crippen LogP contribution is -2.36. The summed E-state index contributed by atoms with van der Waals surface area (Å²) in [5.41, 5.74) is 2.53. The van der Waals surface area contributed by atoms with Crippen molar-refractivity contribution in [2.24, 2.45) is 0 Å². The van der Waals surface area contributed by atoms with Crippen LogP contribution in [-0.2, 0) is 4.74 Å². The molecule has 2 heterocycles. The van der Waals surface area contributed by atoms with Crippen molar-refractivity contribution in [3.63, 3.8) is 0 Å². The Balaban J connectivity index is 1.39. The van der Waals surface area contributed by atoms with Crippen LogP contribution >= 0.6 is 23.6 Å². The summed E-state index contributed by atoms with van der Waals surface area (Å²) in [5, 5.41) is 6.57. The number of anilines is 2. The Morgan fingerprint density at radius 1 is 1.26 bits per heavy atom. The molecule has 4 rings (SSSR count). The molecule has 1 aromatic heterocycles. The summed E-state index contributed by atoms with van der Waals surface area (Å²) in [4.78, 5) is 19.4. The van der Waals surface area contributed by atoms with Crippen LogP contribution in [0.4, 0.5) is 10.8 Å². The lowest BCUT2D eigenvalue weighted by Gasteiger charge is -2.28. The van der Waals surface area contributed by atoms with Gasteiger partial charge in [0.15, 0.2) is 10.2 Å². The molecule has 2 N–H and O–H groups in total. The lowest BCUT2D eigenvalue weighted by atomic mass is 10.2. The fourth-order valence-electron chi connectivity index (χ4n) is 3.24. The van der Waals surface area contributed by atoms with Crippen molar-refractivity contribution < 1.29 is 14.3 Å². The van der Waals surface area contributed by atoms with E-state index in [0.717, 1.165) is 48.6 Å². The van der Waals surface area contributed by atoms with Gasteiger partial charge in [0.25, 0.3) is 5.91 Å². The third-order valence-electron chi connectivity index (χ3n) is 4.76. The van der Waals surface area contributed by atoms with Crippen LogP contribution in [0.15, 0.2) is 42.5 Å². The molecule has 31 heavy (non-hydrogen) atoms. The minimum atomic E-state index is -0.296. The Morgan fingerprint density at radius 3 is 2.90 bits per heavy atom. The van der Waals surface area contributed by atoms with Gasteiger partial charge in [-0.05, 0) is 55.0 Å². The molecule has 0 aliphatic carbocycles. The predicted molar refractivity (Wildman–Crippen MR) is 129 cm³/mol. The summed E-state index contributed by atoms with van der Waals surface area (Å²) in [6, 6.07) is 13.3. The highest BCUT2D eigenvalue weighted by molar-refractivity contribution is 7.80. The van der Waals surface area contributed by atoms with Crippen LogP contribution in [0.1, 0.15) is 23.7 Å². The van der Waals surface area contributed by atoms with Crippen molar-refractivity contribution in [2.45, 2.75) is 13.3 Å². The van der Waals surface area contributed by atoms with Gasteiger partial charge >= 0.3 is 0 Å². The molecule has 0 bridgehead atoms. The smallest absolute Gasteiger partial charge is 0.257 e. The summed E-state index contributed by atoms with van der Waals surface area (Å²) in [6.07, 6.45) is 0.903. The molecule has 1 fully saturated rings. The van der Waals surface area contributed by atoms with Crippen molar-refractivity contribution in [3.8, 4) is 5.75 Å². The summed E-state index contributed by atoms with van der Waals surface area (Å²) < 4.78 is 12.1. The van der Waals surface area contributed by atoms with E-state index in [0.29, 0.717) is 23.1 Å². The number of rotatable bonds is 6. The van der Waals surface area contributed by atoms with Crippen LogP contribution in [0.25, 0.3) is 10.2 Å². The fourth-order valence-corrected chi connectivity index (χ4v) is 4.39. The van der Waals surface area contributed by atoms with Crippen LogP contribution in [0.2, 0.25) is 0 Å². The van der Waals surface area contributed by atoms with Crippen molar-refractivity contribution in [1.29, 1.82) is 0 Å². The quantitative estimate of drug-likeness (QED) is 0.542. The molecule has 1 amide bonds. The Bertz CT molecular complexity index is 1080. The van der Waals surface area contributed by atoms with E-state index in [2.05, 4.69) is 32.7 Å². The molecule has 0 unspecified atom stereocenters. The SMILES string of the molecule is CCCOc1cccc(C(=O)NC(=S)Nc2nc3ccc(N4CCOCC4)cc3s2)c1. The summed E-state index contributed by atoms with van der Waals surface area (Å²) >= 11 is 6.82. The first-order valence-electron chi connectivity index (χ1n) is 10.2. The van der Waals surface area contributed by atoms with E-state index in [-0.39, 0.29) is 11.0 Å². The molecule has 3 aromatic rings. The van der Waals surface area contributed by atoms with E-state index >= 15 is 0 Å². The number of aromatic nitrogens is 1. The molecule has 9 heteroatoms. The number of amides is 1. The Hall–Kier alpha value is -2.75. The molecule has 0 radical (unpaired) electrons. The largest absolute Gasteiger partial charge is 0.494 e. The Kier molecular flexibility index (Phi) is 6.96. The second-order valence-electron chi connectivity index (χ2n) is 7.06. The van der Waals surface area contributed by atoms with Gasteiger partial charge < -0.3 is 19.7 Å². The molecule has 1 saturated heterocycles. The zero-order chi connectivity index (χ0) is 21.6. The molecule has 7 nitrogen and oxygen atoms in total. The number of hydrogen-bond acceptors (Lipinski definition) is 7. The first-order chi connectivity index (χ1) is 15.1. The Labute approximate surface area is 190 Å². The van der Waals surface area contributed by atoms with Crippen molar-refractivity contribution >= 4 is 55.6 Å². The highest BCUT2D eigenvalue weighted by atomic mass is 32.1. The molecule has 0 spiro atoms. The number of nitrogens with zero attached hydrogens (tertiary/aromatic N) is 2. The molecule has 2 aromatic carbocycles. The number of nitrogens with one attached hydrogen (secondary N) is 2. The van der Waals surface area contributed by atoms with Crippen LogP contribution in [0.3, 0.4) is 0 Å². The van der Waals surface area contributed by atoms with E-state index in [9.17, 15) is 4.79 Å².